The molecule has 9 nitrogen and oxygen atoms in total. The Bertz CT molecular complexity index is 1370. The van der Waals surface area contributed by atoms with Crippen LogP contribution in [0.3, 0.4) is 0 Å². The predicted octanol–water partition coefficient (Wildman–Crippen LogP) is 5.00. The molecule has 3 aliphatic rings. The SMILES string of the molecule is CCCC(=O)N[C@@H](c1cnn2cc([C@@H](NC(=O)c3ccn(CC4CC4)n3)C3CCC(F)(F)CC3)nc2c1)C1CC1. The van der Waals surface area contributed by atoms with E-state index in [1.165, 1.54) is 12.8 Å². The molecule has 3 heterocycles. The molecule has 0 unspecified atom stereocenters. The van der Waals surface area contributed by atoms with E-state index in [4.69, 9.17) is 4.98 Å². The zero-order chi connectivity index (χ0) is 27.9. The Labute approximate surface area is 232 Å². The molecule has 11 heteroatoms. The summed E-state index contributed by atoms with van der Waals surface area (Å²) in [6.45, 7) is 2.78. The molecule has 0 bridgehead atoms. The second kappa shape index (κ2) is 10.9. The Morgan fingerprint density at radius 1 is 1.07 bits per heavy atom. The molecule has 0 aliphatic heterocycles. The molecule has 0 aromatic carbocycles. The fourth-order valence-corrected chi connectivity index (χ4v) is 5.80. The number of rotatable bonds is 11. The number of carbonyl (C=O) groups is 2. The lowest BCUT2D eigenvalue weighted by atomic mass is 9.81. The Morgan fingerprint density at radius 2 is 1.82 bits per heavy atom. The second-order valence-electron chi connectivity index (χ2n) is 11.9. The van der Waals surface area contributed by atoms with Crippen molar-refractivity contribution in [3.63, 3.8) is 0 Å². The summed E-state index contributed by atoms with van der Waals surface area (Å²) in [6.07, 6.45) is 11.2. The Kier molecular flexibility index (Phi) is 7.31. The number of carbonyl (C=O) groups excluding carboxylic acids is 2. The van der Waals surface area contributed by atoms with Crippen LogP contribution in [0.1, 0.15) is 105 Å². The maximum atomic E-state index is 14.0. The van der Waals surface area contributed by atoms with Crippen LogP contribution < -0.4 is 10.6 Å². The van der Waals surface area contributed by atoms with E-state index in [0.29, 0.717) is 35.3 Å². The van der Waals surface area contributed by atoms with Gasteiger partial charge in [0.15, 0.2) is 5.65 Å². The Balaban J connectivity index is 1.25. The lowest BCUT2D eigenvalue weighted by molar-refractivity contribution is -0.122. The molecule has 3 aromatic rings. The van der Waals surface area contributed by atoms with E-state index in [1.807, 2.05) is 19.2 Å². The zero-order valence-corrected chi connectivity index (χ0v) is 22.9. The summed E-state index contributed by atoms with van der Waals surface area (Å²) in [5.74, 6) is -2.16. The van der Waals surface area contributed by atoms with E-state index in [1.54, 1.807) is 27.7 Å². The van der Waals surface area contributed by atoms with Crippen molar-refractivity contribution >= 4 is 17.5 Å². The summed E-state index contributed by atoms with van der Waals surface area (Å²) in [5, 5.41) is 15.2. The lowest BCUT2D eigenvalue weighted by Gasteiger charge is -2.33. The molecular weight excluding hydrogens is 516 g/mol. The number of aromatic nitrogens is 5. The molecule has 3 saturated carbocycles. The van der Waals surface area contributed by atoms with Crippen LogP contribution in [0, 0.1) is 17.8 Å². The highest BCUT2D eigenvalue weighted by Gasteiger charge is 2.40. The van der Waals surface area contributed by atoms with Gasteiger partial charge in [0.1, 0.15) is 5.69 Å². The van der Waals surface area contributed by atoms with Crippen LogP contribution in [0.15, 0.2) is 30.7 Å². The number of imidazole rings is 1. The monoisotopic (exact) mass is 553 g/mol. The summed E-state index contributed by atoms with van der Waals surface area (Å²) in [6, 6.07) is 2.97. The number of hydrogen-bond donors (Lipinski definition) is 2. The molecule has 3 fully saturated rings. The Hall–Kier alpha value is -3.37. The minimum absolute atomic E-state index is 0.0276. The standard InChI is InChI=1S/C29H37F2N7O2/c1-2-3-25(39)34-26(19-6-7-19)21-14-24-33-23(17-38(24)32-15-21)27(20-8-11-29(30,31)12-9-20)35-28(40)22-10-13-37(36-22)16-18-4-5-18/h10,13-15,17-20,26-27H,2-9,11-12,16H2,1H3,(H,34,39)(H,35,40)/t26-,27+/m1/s1. The van der Waals surface area contributed by atoms with Gasteiger partial charge in [0.25, 0.3) is 5.91 Å². The molecule has 214 valence electrons. The van der Waals surface area contributed by atoms with Crippen molar-refractivity contribution in [3.05, 3.63) is 47.7 Å². The summed E-state index contributed by atoms with van der Waals surface area (Å²) in [7, 11) is 0. The number of fused-ring (bicyclic) bond motifs is 1. The quantitative estimate of drug-likeness (QED) is 0.348. The molecule has 40 heavy (non-hydrogen) atoms. The van der Waals surface area contributed by atoms with Crippen LogP contribution in [0.4, 0.5) is 8.78 Å². The summed E-state index contributed by atoms with van der Waals surface area (Å²) in [4.78, 5) is 30.5. The highest BCUT2D eigenvalue weighted by Crippen LogP contribution is 2.43. The maximum absolute atomic E-state index is 14.0. The van der Waals surface area contributed by atoms with Crippen molar-refractivity contribution in [1.29, 1.82) is 0 Å². The van der Waals surface area contributed by atoms with Gasteiger partial charge in [-0.2, -0.15) is 10.2 Å². The van der Waals surface area contributed by atoms with E-state index in [9.17, 15) is 18.4 Å². The third kappa shape index (κ3) is 6.18. The van der Waals surface area contributed by atoms with Crippen LogP contribution in [-0.2, 0) is 11.3 Å². The van der Waals surface area contributed by atoms with Crippen molar-refractivity contribution in [2.75, 3.05) is 0 Å². The fourth-order valence-electron chi connectivity index (χ4n) is 5.80. The van der Waals surface area contributed by atoms with Crippen LogP contribution >= 0.6 is 0 Å². The van der Waals surface area contributed by atoms with Crippen LogP contribution in [-0.4, -0.2) is 42.1 Å². The van der Waals surface area contributed by atoms with E-state index in [-0.39, 0.29) is 49.5 Å². The van der Waals surface area contributed by atoms with Gasteiger partial charge in [-0.3, -0.25) is 14.3 Å². The molecule has 0 spiro atoms. The molecule has 2 N–H and O–H groups in total. The molecule has 6 rings (SSSR count). The van der Waals surface area contributed by atoms with E-state index in [2.05, 4.69) is 20.8 Å². The molecule has 0 saturated heterocycles. The topological polar surface area (TPSA) is 106 Å². The highest BCUT2D eigenvalue weighted by atomic mass is 19.3. The third-order valence-electron chi connectivity index (χ3n) is 8.46. The molecule has 0 radical (unpaired) electrons. The number of halogens is 2. The molecule has 2 amide bonds. The van der Waals surface area contributed by atoms with Crippen molar-refractivity contribution in [1.82, 2.24) is 35.0 Å². The summed E-state index contributed by atoms with van der Waals surface area (Å²) >= 11 is 0. The maximum Gasteiger partial charge on any atom is 0.272 e. The largest absolute Gasteiger partial charge is 0.349 e. The molecule has 3 aromatic heterocycles. The van der Waals surface area contributed by atoms with E-state index < -0.39 is 12.0 Å². The third-order valence-corrected chi connectivity index (χ3v) is 8.46. The van der Waals surface area contributed by atoms with Gasteiger partial charge in [-0.25, -0.2) is 18.3 Å². The number of nitrogens with zero attached hydrogens (tertiary/aromatic N) is 5. The first-order chi connectivity index (χ1) is 19.3. The Morgan fingerprint density at radius 3 is 2.52 bits per heavy atom. The van der Waals surface area contributed by atoms with Gasteiger partial charge in [0, 0.05) is 32.0 Å². The smallest absolute Gasteiger partial charge is 0.272 e. The fraction of sp³-hybridized carbons (Fsp3) is 0.621. The van der Waals surface area contributed by atoms with E-state index >= 15 is 0 Å². The summed E-state index contributed by atoms with van der Waals surface area (Å²) in [5.41, 5.74) is 2.39. The van der Waals surface area contributed by atoms with Crippen LogP contribution in [0.2, 0.25) is 0 Å². The summed E-state index contributed by atoms with van der Waals surface area (Å²) < 4.78 is 31.5. The van der Waals surface area contributed by atoms with Gasteiger partial charge in [0.2, 0.25) is 11.8 Å². The first kappa shape index (κ1) is 26.8. The van der Waals surface area contributed by atoms with Gasteiger partial charge < -0.3 is 10.6 Å². The van der Waals surface area contributed by atoms with Gasteiger partial charge >= 0.3 is 0 Å². The molecular formula is C29H37F2N7O2. The van der Waals surface area contributed by atoms with Crippen LogP contribution in [0.5, 0.6) is 0 Å². The molecule has 2 atom stereocenters. The van der Waals surface area contributed by atoms with Crippen molar-refractivity contribution in [3.8, 4) is 0 Å². The van der Waals surface area contributed by atoms with Gasteiger partial charge in [0.05, 0.1) is 30.2 Å². The lowest BCUT2D eigenvalue weighted by Crippen LogP contribution is -2.37. The first-order valence-electron chi connectivity index (χ1n) is 14.6. The minimum atomic E-state index is -2.68. The molecule has 3 aliphatic carbocycles. The average molecular weight is 554 g/mol. The zero-order valence-electron chi connectivity index (χ0n) is 22.9. The minimum Gasteiger partial charge on any atom is -0.349 e. The van der Waals surface area contributed by atoms with Crippen LogP contribution in [0.25, 0.3) is 5.65 Å². The van der Waals surface area contributed by atoms with Crippen molar-refractivity contribution < 1.29 is 18.4 Å². The predicted molar refractivity (Wildman–Crippen MR) is 144 cm³/mol. The number of amides is 2. The van der Waals surface area contributed by atoms with Gasteiger partial charge in [-0.1, -0.05) is 6.92 Å². The van der Waals surface area contributed by atoms with Crippen molar-refractivity contribution in [2.45, 2.75) is 95.7 Å². The van der Waals surface area contributed by atoms with E-state index in [0.717, 1.165) is 31.4 Å². The van der Waals surface area contributed by atoms with Gasteiger partial charge in [-0.15, -0.1) is 0 Å². The first-order valence-corrected chi connectivity index (χ1v) is 14.6. The number of hydrogen-bond acceptors (Lipinski definition) is 5. The number of alkyl halides is 2. The highest BCUT2D eigenvalue weighted by molar-refractivity contribution is 5.92. The van der Waals surface area contributed by atoms with Gasteiger partial charge in [-0.05, 0) is 80.4 Å². The normalized spacial score (nSPS) is 20.8. The average Bonchev–Trinajstić information content (AvgIpc) is 3.84. The number of nitrogens with one attached hydrogen (secondary N) is 2. The van der Waals surface area contributed by atoms with Crippen molar-refractivity contribution in [2.24, 2.45) is 17.8 Å². The second-order valence-corrected chi connectivity index (χ2v) is 11.9.